The van der Waals surface area contributed by atoms with Crippen molar-refractivity contribution >= 4 is 17.5 Å². The number of likely N-dealkylation sites (tertiary alicyclic amines) is 2. The summed E-state index contributed by atoms with van der Waals surface area (Å²) in [5.74, 6) is 0.154. The number of piperazine rings is 1. The van der Waals surface area contributed by atoms with Gasteiger partial charge in [-0.2, -0.15) is 0 Å². The number of pyridine rings is 1. The molecule has 2 saturated heterocycles. The fourth-order valence-corrected chi connectivity index (χ4v) is 4.67. The average Bonchev–Trinajstić information content (AvgIpc) is 3.43. The Balaban J connectivity index is 1.48. The van der Waals surface area contributed by atoms with E-state index in [-0.39, 0.29) is 12.5 Å². The van der Waals surface area contributed by atoms with Crippen LogP contribution in [0.1, 0.15) is 6.42 Å². The van der Waals surface area contributed by atoms with Crippen LogP contribution in [0.25, 0.3) is 22.5 Å². The molecule has 1 amide bonds. The van der Waals surface area contributed by atoms with Gasteiger partial charge in [-0.1, -0.05) is 23.7 Å². The highest BCUT2D eigenvalue weighted by molar-refractivity contribution is 6.30. The highest BCUT2D eigenvalue weighted by atomic mass is 35.5. The average molecular weight is 408 g/mol. The first-order valence-corrected chi connectivity index (χ1v) is 10.2. The number of hydrogen-bond acceptors (Lipinski definition) is 4. The maximum Gasteiger partial charge on any atom is 0.242 e. The van der Waals surface area contributed by atoms with Gasteiger partial charge in [-0.3, -0.25) is 14.7 Å². The molecule has 6 nitrogen and oxygen atoms in total. The zero-order valence-corrected chi connectivity index (χ0v) is 17.0. The van der Waals surface area contributed by atoms with Crippen LogP contribution in [0.15, 0.2) is 55.1 Å². The van der Waals surface area contributed by atoms with Crippen molar-refractivity contribution in [3.63, 3.8) is 0 Å². The number of fused-ring (bicyclic) bond motifs is 2. The number of rotatable bonds is 4. The first-order chi connectivity index (χ1) is 14.1. The molecule has 0 unspecified atom stereocenters. The number of carbonyl (C=O) groups is 1. The van der Waals surface area contributed by atoms with Crippen molar-refractivity contribution in [3.8, 4) is 22.5 Å². The van der Waals surface area contributed by atoms with E-state index in [0.29, 0.717) is 17.1 Å². The zero-order chi connectivity index (χ0) is 20.0. The second-order valence-corrected chi connectivity index (χ2v) is 8.28. The van der Waals surface area contributed by atoms with Gasteiger partial charge in [0.1, 0.15) is 6.54 Å². The van der Waals surface area contributed by atoms with Gasteiger partial charge in [0.25, 0.3) is 0 Å². The molecule has 0 saturated carbocycles. The highest BCUT2D eigenvalue weighted by Gasteiger charge is 2.43. The van der Waals surface area contributed by atoms with Gasteiger partial charge >= 0.3 is 0 Å². The van der Waals surface area contributed by atoms with E-state index in [2.05, 4.69) is 21.9 Å². The van der Waals surface area contributed by atoms with E-state index in [1.807, 2.05) is 45.9 Å². The second-order valence-electron chi connectivity index (χ2n) is 7.84. The molecule has 0 radical (unpaired) electrons. The lowest BCUT2D eigenvalue weighted by atomic mass is 10.1. The Morgan fingerprint density at radius 3 is 2.48 bits per heavy atom. The number of hydrogen-bond donors (Lipinski definition) is 0. The van der Waals surface area contributed by atoms with Crippen molar-refractivity contribution in [2.75, 3.05) is 20.1 Å². The fourth-order valence-electron chi connectivity index (χ4n) is 4.54. The van der Waals surface area contributed by atoms with E-state index >= 15 is 0 Å². The monoisotopic (exact) mass is 407 g/mol. The summed E-state index contributed by atoms with van der Waals surface area (Å²) in [4.78, 5) is 26.3. The van der Waals surface area contributed by atoms with Gasteiger partial charge in [0.15, 0.2) is 0 Å². The number of benzene rings is 1. The predicted molar refractivity (Wildman–Crippen MR) is 112 cm³/mol. The molecule has 148 valence electrons. The molecule has 2 atom stereocenters. The number of halogens is 1. The standard InChI is InChI=1S/C22H22ClN5O/c1-26-11-19-10-18(26)12-28(19)20(29)13-27-14-25-21(15-2-4-17(23)5-3-15)22(27)16-6-8-24-9-7-16/h2-9,14,18-19H,10-13H2,1H3/t18-,19-/m0/s1. The van der Waals surface area contributed by atoms with Crippen molar-refractivity contribution in [3.05, 3.63) is 60.1 Å². The first kappa shape index (κ1) is 18.3. The molecule has 2 aliphatic heterocycles. The minimum atomic E-state index is 0.154. The van der Waals surface area contributed by atoms with Gasteiger partial charge in [0.05, 0.1) is 17.7 Å². The summed E-state index contributed by atoms with van der Waals surface area (Å²) >= 11 is 6.06. The van der Waals surface area contributed by atoms with Gasteiger partial charge in [0, 0.05) is 53.7 Å². The summed E-state index contributed by atoms with van der Waals surface area (Å²) in [6, 6.07) is 12.4. The van der Waals surface area contributed by atoms with Crippen LogP contribution in [0.3, 0.4) is 0 Å². The van der Waals surface area contributed by atoms with Crippen LogP contribution in [0, 0.1) is 0 Å². The van der Waals surface area contributed by atoms with E-state index in [9.17, 15) is 4.79 Å². The number of nitrogens with zero attached hydrogens (tertiary/aromatic N) is 5. The van der Waals surface area contributed by atoms with Gasteiger partial charge in [-0.15, -0.1) is 0 Å². The number of likely N-dealkylation sites (N-methyl/N-ethyl adjacent to an activating group) is 1. The number of amides is 1. The van der Waals surface area contributed by atoms with Gasteiger partial charge in [0.2, 0.25) is 5.91 Å². The minimum absolute atomic E-state index is 0.154. The number of imidazole rings is 1. The largest absolute Gasteiger partial charge is 0.335 e. The van der Waals surface area contributed by atoms with E-state index in [1.165, 1.54) is 0 Å². The van der Waals surface area contributed by atoms with Crippen LogP contribution in [0.2, 0.25) is 5.02 Å². The SMILES string of the molecule is CN1C[C@@H]2C[C@H]1CN2C(=O)Cn1cnc(-c2ccc(Cl)cc2)c1-c1ccncc1. The maximum atomic E-state index is 13.1. The van der Waals surface area contributed by atoms with Crippen molar-refractivity contribution in [2.24, 2.45) is 0 Å². The molecule has 2 bridgehead atoms. The smallest absolute Gasteiger partial charge is 0.242 e. The van der Waals surface area contributed by atoms with Crippen molar-refractivity contribution in [2.45, 2.75) is 25.0 Å². The summed E-state index contributed by atoms with van der Waals surface area (Å²) in [5.41, 5.74) is 3.71. The van der Waals surface area contributed by atoms with Crippen LogP contribution < -0.4 is 0 Å². The third-order valence-corrected chi connectivity index (χ3v) is 6.30. The summed E-state index contributed by atoms with van der Waals surface area (Å²) < 4.78 is 1.96. The normalized spacial score (nSPS) is 21.1. The molecule has 2 fully saturated rings. The van der Waals surface area contributed by atoms with Crippen LogP contribution in [0.4, 0.5) is 0 Å². The van der Waals surface area contributed by atoms with Crippen LogP contribution in [0.5, 0.6) is 0 Å². The lowest BCUT2D eigenvalue weighted by Gasteiger charge is -2.32. The predicted octanol–water partition coefficient (Wildman–Crippen LogP) is 3.18. The van der Waals surface area contributed by atoms with E-state index in [1.54, 1.807) is 18.7 Å². The Morgan fingerprint density at radius 2 is 1.83 bits per heavy atom. The van der Waals surface area contributed by atoms with Gasteiger partial charge < -0.3 is 9.47 Å². The molecule has 3 aromatic rings. The maximum absolute atomic E-state index is 13.1. The van der Waals surface area contributed by atoms with Crippen molar-refractivity contribution in [1.82, 2.24) is 24.3 Å². The Hall–Kier alpha value is -2.70. The lowest BCUT2D eigenvalue weighted by Crippen LogP contribution is -2.48. The summed E-state index contributed by atoms with van der Waals surface area (Å²) in [7, 11) is 2.14. The molecule has 0 spiro atoms. The molecular formula is C22H22ClN5O. The van der Waals surface area contributed by atoms with E-state index in [0.717, 1.165) is 42.0 Å². The third-order valence-electron chi connectivity index (χ3n) is 6.05. The molecule has 0 aliphatic carbocycles. The first-order valence-electron chi connectivity index (χ1n) is 9.81. The summed E-state index contributed by atoms with van der Waals surface area (Å²) in [6.45, 7) is 2.07. The number of carbonyl (C=O) groups excluding carboxylic acids is 1. The number of aromatic nitrogens is 3. The topological polar surface area (TPSA) is 54.3 Å². The second kappa shape index (κ2) is 7.28. The molecule has 2 aliphatic rings. The Morgan fingerprint density at radius 1 is 1.07 bits per heavy atom. The Bertz CT molecular complexity index is 1030. The molecule has 29 heavy (non-hydrogen) atoms. The Kier molecular flexibility index (Phi) is 4.60. The molecule has 1 aromatic carbocycles. The van der Waals surface area contributed by atoms with E-state index in [4.69, 9.17) is 11.6 Å². The lowest BCUT2D eigenvalue weighted by molar-refractivity contribution is -0.134. The minimum Gasteiger partial charge on any atom is -0.335 e. The quantitative estimate of drug-likeness (QED) is 0.666. The van der Waals surface area contributed by atoms with Gasteiger partial charge in [-0.25, -0.2) is 4.98 Å². The van der Waals surface area contributed by atoms with Crippen molar-refractivity contribution in [1.29, 1.82) is 0 Å². The summed E-state index contributed by atoms with van der Waals surface area (Å²) in [6.07, 6.45) is 6.36. The fraction of sp³-hybridized carbons (Fsp3) is 0.318. The highest BCUT2D eigenvalue weighted by Crippen LogP contribution is 2.33. The molecule has 2 aromatic heterocycles. The molecular weight excluding hydrogens is 386 g/mol. The molecule has 5 rings (SSSR count). The molecule has 0 N–H and O–H groups in total. The van der Waals surface area contributed by atoms with Crippen molar-refractivity contribution < 1.29 is 4.79 Å². The molecule has 4 heterocycles. The molecule has 7 heteroatoms. The van der Waals surface area contributed by atoms with Crippen LogP contribution in [-0.2, 0) is 11.3 Å². The zero-order valence-electron chi connectivity index (χ0n) is 16.2. The third kappa shape index (κ3) is 3.32. The van der Waals surface area contributed by atoms with Crippen LogP contribution >= 0.6 is 11.6 Å². The van der Waals surface area contributed by atoms with Gasteiger partial charge in [-0.05, 0) is 37.7 Å². The van der Waals surface area contributed by atoms with Crippen LogP contribution in [-0.4, -0.2) is 62.5 Å². The summed E-state index contributed by atoms with van der Waals surface area (Å²) in [5, 5.41) is 0.683. The Labute approximate surface area is 174 Å². The van der Waals surface area contributed by atoms with E-state index < -0.39 is 0 Å².